The van der Waals surface area contributed by atoms with Crippen LogP contribution in [-0.4, -0.2) is 14.1 Å². The van der Waals surface area contributed by atoms with E-state index in [1.807, 2.05) is 0 Å². The molecule has 11 rings (SSSR count). The van der Waals surface area contributed by atoms with E-state index in [4.69, 9.17) is 0 Å². The van der Waals surface area contributed by atoms with Crippen LogP contribution in [0.15, 0.2) is 152 Å². The lowest BCUT2D eigenvalue weighted by molar-refractivity contribution is 0.888. The lowest BCUT2D eigenvalue weighted by Gasteiger charge is -2.13. The predicted octanol–water partition coefficient (Wildman–Crippen LogP) is 13.8. The summed E-state index contributed by atoms with van der Waals surface area (Å²) >= 11 is 0. The van der Waals surface area contributed by atoms with E-state index in [-0.39, 0.29) is 0 Å². The highest BCUT2D eigenvalue weighted by molar-refractivity contribution is 6.12. The maximum Gasteiger partial charge on any atom is 0.0541 e. The molecule has 0 atom stereocenters. The molecule has 0 fully saturated rings. The minimum Gasteiger partial charge on any atom is -0.355 e. The highest BCUT2D eigenvalue weighted by atomic mass is 15.0. The van der Waals surface area contributed by atoms with Gasteiger partial charge >= 0.3 is 0 Å². The van der Waals surface area contributed by atoms with Gasteiger partial charge in [0.1, 0.15) is 0 Å². The largest absolute Gasteiger partial charge is 0.355 e. The summed E-state index contributed by atoms with van der Waals surface area (Å²) in [6, 6.07) is 54.7. The third kappa shape index (κ3) is 5.03. The summed E-state index contributed by atoms with van der Waals surface area (Å²) in [5.74, 6) is 0. The quantitative estimate of drug-likeness (QED) is 0.178. The van der Waals surface area contributed by atoms with Crippen LogP contribution in [0.2, 0.25) is 0 Å². The Morgan fingerprint density at radius 3 is 1.60 bits per heavy atom. The lowest BCUT2D eigenvalue weighted by atomic mass is 9.97. The Bertz CT molecular complexity index is 3140. The molecule has 0 saturated heterocycles. The van der Waals surface area contributed by atoms with Gasteiger partial charge in [-0.15, -0.1) is 0 Å². The molecule has 1 N–H and O–H groups in total. The molecule has 0 bridgehead atoms. The molecule has 7 aromatic carbocycles. The number of para-hydroxylation sites is 1. The summed E-state index contributed by atoms with van der Waals surface area (Å²) in [7, 11) is 0. The molecular formula is C52H41N3. The highest BCUT2D eigenvalue weighted by Crippen LogP contribution is 2.40. The van der Waals surface area contributed by atoms with Gasteiger partial charge in [-0.1, -0.05) is 92.7 Å². The molecule has 0 amide bonds. The van der Waals surface area contributed by atoms with Crippen molar-refractivity contribution in [3.63, 3.8) is 0 Å². The fraction of sp³-hybridized carbons (Fsp3) is 0.115. The number of fused-ring (bicyclic) bond motifs is 9. The average molecular weight is 708 g/mol. The number of aryl methyl sites for hydroxylation is 2. The second-order valence-corrected chi connectivity index (χ2v) is 15.1. The number of nitrogens with one attached hydrogen (secondary N) is 1. The summed E-state index contributed by atoms with van der Waals surface area (Å²) in [6.07, 6.45) is 8.89. The maximum atomic E-state index is 3.70. The van der Waals surface area contributed by atoms with Crippen molar-refractivity contribution in [2.24, 2.45) is 0 Å². The van der Waals surface area contributed by atoms with E-state index < -0.39 is 0 Å². The first-order valence-corrected chi connectivity index (χ1v) is 19.8. The van der Waals surface area contributed by atoms with Crippen molar-refractivity contribution in [2.75, 3.05) is 0 Å². The summed E-state index contributed by atoms with van der Waals surface area (Å²) in [4.78, 5) is 3.70. The van der Waals surface area contributed by atoms with Crippen LogP contribution >= 0.6 is 0 Å². The number of benzene rings is 7. The van der Waals surface area contributed by atoms with Crippen LogP contribution in [0, 0.1) is 0 Å². The molecular weight excluding hydrogens is 667 g/mol. The van der Waals surface area contributed by atoms with E-state index in [0.717, 1.165) is 36.7 Å². The number of rotatable bonds is 6. The van der Waals surface area contributed by atoms with Gasteiger partial charge in [-0.2, -0.15) is 0 Å². The van der Waals surface area contributed by atoms with Crippen LogP contribution in [0.3, 0.4) is 0 Å². The second-order valence-electron chi connectivity index (χ2n) is 15.1. The van der Waals surface area contributed by atoms with Crippen molar-refractivity contribution in [2.45, 2.75) is 39.5 Å². The molecule has 3 heterocycles. The number of nitrogens with zero attached hydrogens (tertiary/aromatic N) is 2. The van der Waals surface area contributed by atoms with Crippen molar-refractivity contribution in [3.8, 4) is 33.6 Å². The van der Waals surface area contributed by atoms with Gasteiger partial charge in [0, 0.05) is 60.6 Å². The molecule has 10 aromatic rings. The van der Waals surface area contributed by atoms with E-state index in [1.165, 1.54) is 99.5 Å². The monoisotopic (exact) mass is 707 g/mol. The van der Waals surface area contributed by atoms with Gasteiger partial charge in [-0.05, 0) is 138 Å². The first-order valence-electron chi connectivity index (χ1n) is 19.8. The molecule has 0 unspecified atom stereocenters. The van der Waals surface area contributed by atoms with Gasteiger partial charge in [0.2, 0.25) is 0 Å². The number of hydrogen-bond donors (Lipinski definition) is 1. The second kappa shape index (κ2) is 12.5. The normalized spacial score (nSPS) is 12.8. The summed E-state index contributed by atoms with van der Waals surface area (Å²) in [5, 5.41) is 6.36. The molecule has 264 valence electrons. The molecule has 1 aliphatic carbocycles. The van der Waals surface area contributed by atoms with Crippen molar-refractivity contribution < 1.29 is 0 Å². The predicted molar refractivity (Wildman–Crippen MR) is 234 cm³/mol. The molecule has 0 saturated carbocycles. The zero-order valence-corrected chi connectivity index (χ0v) is 31.2. The third-order valence-electron chi connectivity index (χ3n) is 12.1. The Morgan fingerprint density at radius 2 is 0.982 bits per heavy atom. The fourth-order valence-corrected chi connectivity index (χ4v) is 9.14. The first kappa shape index (κ1) is 31.9. The standard InChI is InChI=1S/C52H41N3/c1-3-33-13-21-39(22-14-33)54-49-11-7-5-9-41(49)45-31-37(19-27-51(45)54)35-17-25-47-43(29-35)44-30-36(18-26-48(44)53-47)38-20-28-52-46(32-38)42-10-6-8-12-50(42)55(52)40-23-15-34(4-2)16-24-40/h5-7,9-11,13-32,53H,3-4,8,12H2,1-2H3. The zero-order valence-electron chi connectivity index (χ0n) is 31.2. The summed E-state index contributed by atoms with van der Waals surface area (Å²) in [6.45, 7) is 4.43. The topological polar surface area (TPSA) is 25.6 Å². The van der Waals surface area contributed by atoms with Crippen molar-refractivity contribution in [1.82, 2.24) is 14.1 Å². The maximum absolute atomic E-state index is 3.70. The van der Waals surface area contributed by atoms with Gasteiger partial charge in [0.25, 0.3) is 0 Å². The summed E-state index contributed by atoms with van der Waals surface area (Å²) < 4.78 is 4.89. The van der Waals surface area contributed by atoms with Crippen LogP contribution in [-0.2, 0) is 19.3 Å². The fourth-order valence-electron chi connectivity index (χ4n) is 9.14. The Labute approximate surface area is 320 Å². The van der Waals surface area contributed by atoms with Crippen molar-refractivity contribution >= 4 is 60.6 Å². The number of hydrogen-bond acceptors (Lipinski definition) is 0. The Hall–Kier alpha value is -6.58. The van der Waals surface area contributed by atoms with Gasteiger partial charge < -0.3 is 14.1 Å². The zero-order chi connectivity index (χ0) is 36.6. The van der Waals surface area contributed by atoms with Gasteiger partial charge in [-0.25, -0.2) is 0 Å². The van der Waals surface area contributed by atoms with E-state index >= 15 is 0 Å². The average Bonchev–Trinajstić information content (AvgIpc) is 3.90. The number of H-pyrrole nitrogens is 1. The smallest absolute Gasteiger partial charge is 0.0541 e. The SMILES string of the molecule is CCc1ccc(-n2c3c(c4cc(-c5ccc6[nH]c7ccc(-c8ccc9c(c8)c8ccccc8n9-c8ccc(CC)cc8)cc7c6c5)ccc42)C=CCC3)cc1. The lowest BCUT2D eigenvalue weighted by Crippen LogP contribution is -2.03. The van der Waals surface area contributed by atoms with Gasteiger partial charge in [0.05, 0.1) is 16.6 Å². The van der Waals surface area contributed by atoms with Crippen molar-refractivity contribution in [1.29, 1.82) is 0 Å². The Morgan fingerprint density at radius 1 is 0.473 bits per heavy atom. The molecule has 0 radical (unpaired) electrons. The molecule has 0 spiro atoms. The first-order chi connectivity index (χ1) is 27.1. The molecule has 3 nitrogen and oxygen atoms in total. The van der Waals surface area contributed by atoms with Gasteiger partial charge in [0.15, 0.2) is 0 Å². The molecule has 55 heavy (non-hydrogen) atoms. The van der Waals surface area contributed by atoms with E-state index in [2.05, 4.69) is 186 Å². The molecule has 0 aliphatic heterocycles. The van der Waals surface area contributed by atoms with Crippen LogP contribution in [0.4, 0.5) is 0 Å². The summed E-state index contributed by atoms with van der Waals surface area (Å²) in [5.41, 5.74) is 18.9. The highest BCUT2D eigenvalue weighted by Gasteiger charge is 2.20. The minimum atomic E-state index is 1.04. The van der Waals surface area contributed by atoms with Crippen LogP contribution in [0.25, 0.3) is 94.2 Å². The number of aromatic amines is 1. The van der Waals surface area contributed by atoms with Crippen molar-refractivity contribution in [3.05, 3.63) is 174 Å². The number of aromatic nitrogens is 3. The minimum absolute atomic E-state index is 1.04. The molecule has 1 aliphatic rings. The Kier molecular flexibility index (Phi) is 7.25. The van der Waals surface area contributed by atoms with Gasteiger partial charge in [-0.3, -0.25) is 0 Å². The van der Waals surface area contributed by atoms with Crippen LogP contribution < -0.4 is 0 Å². The van der Waals surface area contributed by atoms with E-state index in [9.17, 15) is 0 Å². The third-order valence-corrected chi connectivity index (χ3v) is 12.1. The van der Waals surface area contributed by atoms with E-state index in [1.54, 1.807) is 0 Å². The molecule has 3 aromatic heterocycles. The Balaban J connectivity index is 1.01. The van der Waals surface area contributed by atoms with E-state index in [0.29, 0.717) is 0 Å². The molecule has 3 heteroatoms. The number of allylic oxidation sites excluding steroid dienone is 1. The van der Waals surface area contributed by atoms with Crippen LogP contribution in [0.5, 0.6) is 0 Å². The van der Waals surface area contributed by atoms with Crippen LogP contribution in [0.1, 0.15) is 42.7 Å².